The molecule has 0 radical (unpaired) electrons. The van der Waals surface area contributed by atoms with Crippen LogP contribution in [0.15, 0.2) is 54.6 Å². The van der Waals surface area contributed by atoms with Crippen molar-refractivity contribution in [1.29, 1.82) is 0 Å². The smallest absolute Gasteiger partial charge is 0.317 e. The number of hydrogen-bond donors (Lipinski definition) is 1. The molecular formula is C23H24N2O3S. The number of hydrogen-bond acceptors (Lipinski definition) is 5. The molecule has 0 saturated heterocycles. The summed E-state index contributed by atoms with van der Waals surface area (Å²) in [6.07, 6.45) is 4.20. The molecule has 29 heavy (non-hydrogen) atoms. The van der Waals surface area contributed by atoms with Gasteiger partial charge in [0.1, 0.15) is 0 Å². The zero-order chi connectivity index (χ0) is 20.1. The van der Waals surface area contributed by atoms with Crippen molar-refractivity contribution in [3.63, 3.8) is 0 Å². The van der Waals surface area contributed by atoms with Gasteiger partial charge in [-0.2, -0.15) is 0 Å². The van der Waals surface area contributed by atoms with Gasteiger partial charge < -0.3 is 10.1 Å². The Morgan fingerprint density at radius 2 is 1.76 bits per heavy atom. The number of carbonyl (C=O) groups excluding carboxylic acids is 2. The molecule has 0 spiro atoms. The van der Waals surface area contributed by atoms with Gasteiger partial charge in [-0.1, -0.05) is 55.3 Å². The van der Waals surface area contributed by atoms with Crippen molar-refractivity contribution in [3.05, 3.63) is 65.2 Å². The van der Waals surface area contributed by atoms with E-state index in [-0.39, 0.29) is 18.5 Å². The molecular weight excluding hydrogens is 384 g/mol. The lowest BCUT2D eigenvalue weighted by Crippen LogP contribution is -2.38. The minimum Gasteiger partial charge on any atom is -0.455 e. The minimum absolute atomic E-state index is 0.243. The van der Waals surface area contributed by atoms with E-state index in [9.17, 15) is 9.59 Å². The van der Waals surface area contributed by atoms with Gasteiger partial charge in [-0.05, 0) is 30.5 Å². The van der Waals surface area contributed by atoms with Gasteiger partial charge in [-0.3, -0.25) is 9.59 Å². The summed E-state index contributed by atoms with van der Waals surface area (Å²) in [4.78, 5) is 29.6. The number of nitrogens with zero attached hydrogens (tertiary/aromatic N) is 1. The van der Waals surface area contributed by atoms with Crippen molar-refractivity contribution in [2.45, 2.75) is 37.5 Å². The fourth-order valence-corrected chi connectivity index (χ4v) is 4.97. The molecule has 1 aliphatic carbocycles. The summed E-state index contributed by atoms with van der Waals surface area (Å²) < 4.78 is 6.58. The molecule has 0 atom stereocenters. The van der Waals surface area contributed by atoms with Crippen molar-refractivity contribution < 1.29 is 14.3 Å². The molecule has 1 amide bonds. The van der Waals surface area contributed by atoms with E-state index in [1.165, 1.54) is 0 Å². The van der Waals surface area contributed by atoms with E-state index in [4.69, 9.17) is 4.74 Å². The monoisotopic (exact) mass is 408 g/mol. The van der Waals surface area contributed by atoms with Crippen molar-refractivity contribution in [2.24, 2.45) is 0 Å². The topological polar surface area (TPSA) is 68.3 Å². The Bertz CT molecular complexity index is 961. The van der Waals surface area contributed by atoms with Crippen molar-refractivity contribution in [3.8, 4) is 0 Å². The molecule has 1 heterocycles. The lowest BCUT2D eigenvalue weighted by Gasteiger charge is -2.27. The maximum absolute atomic E-state index is 12.9. The first-order chi connectivity index (χ1) is 14.2. The third kappa shape index (κ3) is 4.32. The molecule has 4 rings (SSSR count). The summed E-state index contributed by atoms with van der Waals surface area (Å²) in [7, 11) is 0. The highest BCUT2D eigenvalue weighted by Crippen LogP contribution is 2.42. The molecule has 1 N–H and O–H groups in total. The van der Waals surface area contributed by atoms with Crippen LogP contribution < -0.4 is 5.32 Å². The van der Waals surface area contributed by atoms with Crippen molar-refractivity contribution in [2.75, 3.05) is 13.2 Å². The summed E-state index contributed by atoms with van der Waals surface area (Å²) in [5.74, 6) is -0.566. The largest absolute Gasteiger partial charge is 0.455 e. The van der Waals surface area contributed by atoms with Crippen molar-refractivity contribution >= 4 is 33.4 Å². The van der Waals surface area contributed by atoms with Crippen LogP contribution in [0.25, 0.3) is 10.2 Å². The van der Waals surface area contributed by atoms with Crippen LogP contribution in [0, 0.1) is 0 Å². The number of para-hydroxylation sites is 1. The molecule has 1 aromatic heterocycles. The van der Waals surface area contributed by atoms with E-state index < -0.39 is 5.41 Å². The van der Waals surface area contributed by atoms with E-state index >= 15 is 0 Å². The zero-order valence-electron chi connectivity index (χ0n) is 16.2. The van der Waals surface area contributed by atoms with E-state index in [0.717, 1.165) is 46.5 Å². The predicted molar refractivity (Wildman–Crippen MR) is 114 cm³/mol. The van der Waals surface area contributed by atoms with Crippen LogP contribution in [0.2, 0.25) is 0 Å². The normalized spacial score (nSPS) is 15.3. The first kappa shape index (κ1) is 19.6. The average molecular weight is 409 g/mol. The number of nitrogens with one attached hydrogen (secondary N) is 1. The van der Waals surface area contributed by atoms with Crippen LogP contribution in [-0.2, 0) is 26.2 Å². The summed E-state index contributed by atoms with van der Waals surface area (Å²) in [6, 6.07) is 17.8. The fraction of sp³-hybridized carbons (Fsp3) is 0.348. The summed E-state index contributed by atoms with van der Waals surface area (Å²) in [6.45, 7) is 0.229. The van der Waals surface area contributed by atoms with Gasteiger partial charge in [-0.25, -0.2) is 4.98 Å². The second-order valence-electron chi connectivity index (χ2n) is 7.41. The maximum atomic E-state index is 12.9. The second kappa shape index (κ2) is 8.74. The van der Waals surface area contributed by atoms with Crippen LogP contribution in [0.4, 0.5) is 0 Å². The van der Waals surface area contributed by atoms with Gasteiger partial charge >= 0.3 is 5.97 Å². The van der Waals surface area contributed by atoms with Crippen LogP contribution in [0.5, 0.6) is 0 Å². The quantitative estimate of drug-likeness (QED) is 0.600. The molecule has 6 heteroatoms. The summed E-state index contributed by atoms with van der Waals surface area (Å²) in [5.41, 5.74) is 1.36. The zero-order valence-corrected chi connectivity index (χ0v) is 17.0. The van der Waals surface area contributed by atoms with Crippen molar-refractivity contribution in [1.82, 2.24) is 10.3 Å². The van der Waals surface area contributed by atoms with Gasteiger partial charge in [0.15, 0.2) is 6.61 Å². The number of esters is 1. The predicted octanol–water partition coefficient (Wildman–Crippen LogP) is 4.01. The fourth-order valence-electron chi connectivity index (χ4n) is 4.00. The number of carbonyl (C=O) groups is 2. The average Bonchev–Trinajstić information content (AvgIpc) is 3.40. The van der Waals surface area contributed by atoms with Crippen LogP contribution in [0.3, 0.4) is 0 Å². The van der Waals surface area contributed by atoms with E-state index in [1.807, 2.05) is 54.6 Å². The minimum atomic E-state index is -0.609. The number of rotatable bonds is 7. The number of ether oxygens (including phenoxy) is 1. The number of thiazole rings is 1. The highest BCUT2D eigenvalue weighted by Gasteiger charge is 2.44. The highest BCUT2D eigenvalue weighted by molar-refractivity contribution is 7.18. The Balaban J connectivity index is 1.28. The maximum Gasteiger partial charge on any atom is 0.317 e. The van der Waals surface area contributed by atoms with Gasteiger partial charge in [0.25, 0.3) is 5.91 Å². The van der Waals surface area contributed by atoms with E-state index in [1.54, 1.807) is 11.3 Å². The van der Waals surface area contributed by atoms with Gasteiger partial charge in [0.05, 0.1) is 20.6 Å². The lowest BCUT2D eigenvalue weighted by atomic mass is 9.79. The van der Waals surface area contributed by atoms with Crippen LogP contribution in [0.1, 0.15) is 36.3 Å². The van der Waals surface area contributed by atoms with Gasteiger partial charge in [0.2, 0.25) is 0 Å². The molecule has 0 unspecified atom stereocenters. The molecule has 1 fully saturated rings. The lowest BCUT2D eigenvalue weighted by molar-refractivity contribution is -0.154. The first-order valence-electron chi connectivity index (χ1n) is 10.0. The molecule has 0 aliphatic heterocycles. The van der Waals surface area contributed by atoms with Gasteiger partial charge in [0, 0.05) is 13.0 Å². The van der Waals surface area contributed by atoms with Crippen LogP contribution in [-0.4, -0.2) is 30.0 Å². The van der Waals surface area contributed by atoms with Gasteiger partial charge in [-0.15, -0.1) is 11.3 Å². The Morgan fingerprint density at radius 1 is 1.03 bits per heavy atom. The molecule has 150 valence electrons. The first-order valence-corrected chi connectivity index (χ1v) is 10.8. The number of benzene rings is 2. The standard InChI is InChI=1S/C23H24N2O3S/c26-20(24-15-12-21-25-18-10-4-5-11-19(18)29-21)16-28-22(27)23(13-6-7-14-23)17-8-2-1-3-9-17/h1-5,8-11H,6-7,12-16H2,(H,24,26). The Kier molecular flexibility index (Phi) is 5.90. The molecule has 3 aromatic rings. The Labute approximate surface area is 174 Å². The molecule has 0 bridgehead atoms. The summed E-state index contributed by atoms with van der Waals surface area (Å²) >= 11 is 1.63. The third-order valence-electron chi connectivity index (χ3n) is 5.51. The van der Waals surface area contributed by atoms with E-state index in [2.05, 4.69) is 10.3 Å². The Hall–Kier alpha value is -2.73. The highest BCUT2D eigenvalue weighted by atomic mass is 32.1. The Morgan fingerprint density at radius 3 is 2.52 bits per heavy atom. The number of aromatic nitrogens is 1. The number of fused-ring (bicyclic) bond motifs is 1. The van der Waals surface area contributed by atoms with E-state index in [0.29, 0.717) is 13.0 Å². The second-order valence-corrected chi connectivity index (χ2v) is 8.52. The van der Waals surface area contributed by atoms with Crippen LogP contribution >= 0.6 is 11.3 Å². The molecule has 1 aliphatic rings. The summed E-state index contributed by atoms with van der Waals surface area (Å²) in [5, 5.41) is 3.81. The SMILES string of the molecule is O=C(COC(=O)C1(c2ccccc2)CCCC1)NCCc1nc2ccccc2s1. The molecule has 1 saturated carbocycles. The number of amides is 1. The molecule has 5 nitrogen and oxygen atoms in total. The molecule has 2 aromatic carbocycles. The third-order valence-corrected chi connectivity index (χ3v) is 6.60.